The fraction of sp³-hybridized carbons (Fsp3) is 0.333. The Bertz CT molecular complexity index is 553. The summed E-state index contributed by atoms with van der Waals surface area (Å²) in [5.74, 6) is 0. The average Bonchev–Trinajstić information content (AvgIpc) is 2.85. The van der Waals surface area contributed by atoms with Crippen LogP contribution in [0.25, 0.3) is 0 Å². The molecule has 2 N–H and O–H groups in total. The van der Waals surface area contributed by atoms with Gasteiger partial charge in [0, 0.05) is 28.5 Å². The predicted molar refractivity (Wildman–Crippen MR) is 84.6 cm³/mol. The Morgan fingerprint density at radius 2 is 2.21 bits per heavy atom. The van der Waals surface area contributed by atoms with Crippen LogP contribution in [0.2, 0.25) is 0 Å². The highest BCUT2D eigenvalue weighted by atomic mass is 79.9. The third-order valence-electron chi connectivity index (χ3n) is 3.54. The number of fused-ring (bicyclic) bond motifs is 1. The van der Waals surface area contributed by atoms with Crippen molar-refractivity contribution in [2.75, 3.05) is 13.1 Å². The highest BCUT2D eigenvalue weighted by molar-refractivity contribution is 9.10. The van der Waals surface area contributed by atoms with Gasteiger partial charge in [-0.1, -0.05) is 24.3 Å². The summed E-state index contributed by atoms with van der Waals surface area (Å²) in [6.45, 7) is 2.98. The van der Waals surface area contributed by atoms with E-state index in [9.17, 15) is 0 Å². The van der Waals surface area contributed by atoms with E-state index >= 15 is 0 Å². The van der Waals surface area contributed by atoms with Crippen molar-refractivity contribution in [3.8, 4) is 0 Å². The van der Waals surface area contributed by atoms with Gasteiger partial charge in [0.05, 0.1) is 0 Å². The molecule has 1 aromatic heterocycles. The van der Waals surface area contributed by atoms with E-state index in [0.717, 1.165) is 26.1 Å². The van der Waals surface area contributed by atoms with Crippen molar-refractivity contribution < 1.29 is 0 Å². The lowest BCUT2D eigenvalue weighted by Gasteiger charge is -2.27. The molecule has 3 rings (SSSR count). The molecule has 2 aromatic rings. The van der Waals surface area contributed by atoms with E-state index in [0.29, 0.717) is 6.04 Å². The van der Waals surface area contributed by atoms with Gasteiger partial charge < -0.3 is 10.6 Å². The zero-order chi connectivity index (χ0) is 13.1. The van der Waals surface area contributed by atoms with Crippen LogP contribution in [0.5, 0.6) is 0 Å². The Balaban J connectivity index is 1.61. The summed E-state index contributed by atoms with van der Waals surface area (Å²) in [6, 6.07) is 11.3. The first kappa shape index (κ1) is 13.3. The van der Waals surface area contributed by atoms with Crippen LogP contribution in [-0.2, 0) is 13.0 Å². The van der Waals surface area contributed by atoms with Crippen LogP contribution in [0.1, 0.15) is 22.0 Å². The van der Waals surface area contributed by atoms with Gasteiger partial charge in [-0.3, -0.25) is 0 Å². The van der Waals surface area contributed by atoms with Gasteiger partial charge in [0.15, 0.2) is 0 Å². The highest BCUT2D eigenvalue weighted by Crippen LogP contribution is 2.24. The third-order valence-corrected chi connectivity index (χ3v) is 5.47. The first-order valence-corrected chi connectivity index (χ1v) is 8.25. The smallest absolute Gasteiger partial charge is 0.0449 e. The van der Waals surface area contributed by atoms with Crippen LogP contribution in [0, 0.1) is 0 Å². The van der Waals surface area contributed by atoms with Crippen molar-refractivity contribution in [2.45, 2.75) is 19.0 Å². The largest absolute Gasteiger partial charge is 0.310 e. The molecule has 19 heavy (non-hydrogen) atoms. The number of halogens is 1. The quantitative estimate of drug-likeness (QED) is 0.893. The highest BCUT2D eigenvalue weighted by Gasteiger charge is 2.18. The standard InChI is InChI=1S/C15H17BrN2S/c16-13-6-8-19-15(13)10-17-9-14-12-4-2-1-3-11(12)5-7-18-14/h1-4,6,8,14,17-18H,5,7,9-10H2. The van der Waals surface area contributed by atoms with Gasteiger partial charge in [-0.05, 0) is 51.5 Å². The average molecular weight is 337 g/mol. The van der Waals surface area contributed by atoms with E-state index in [-0.39, 0.29) is 0 Å². The molecule has 0 saturated heterocycles. The Morgan fingerprint density at radius 1 is 1.32 bits per heavy atom. The molecule has 0 spiro atoms. The van der Waals surface area contributed by atoms with E-state index in [2.05, 4.69) is 62.3 Å². The molecule has 4 heteroatoms. The lowest BCUT2D eigenvalue weighted by molar-refractivity contribution is 0.469. The van der Waals surface area contributed by atoms with Crippen molar-refractivity contribution in [1.29, 1.82) is 0 Å². The van der Waals surface area contributed by atoms with Crippen LogP contribution >= 0.6 is 27.3 Å². The number of thiophene rings is 1. The zero-order valence-electron chi connectivity index (χ0n) is 10.7. The van der Waals surface area contributed by atoms with Crippen LogP contribution in [0.4, 0.5) is 0 Å². The molecule has 0 bridgehead atoms. The van der Waals surface area contributed by atoms with E-state index < -0.39 is 0 Å². The van der Waals surface area contributed by atoms with Gasteiger partial charge in [-0.25, -0.2) is 0 Å². The topological polar surface area (TPSA) is 24.1 Å². The Morgan fingerprint density at radius 3 is 3.05 bits per heavy atom. The van der Waals surface area contributed by atoms with Crippen LogP contribution in [-0.4, -0.2) is 13.1 Å². The predicted octanol–water partition coefficient (Wildman–Crippen LogP) is 3.49. The van der Waals surface area contributed by atoms with Crippen molar-refractivity contribution in [3.05, 3.63) is 56.2 Å². The van der Waals surface area contributed by atoms with Gasteiger partial charge >= 0.3 is 0 Å². The molecule has 2 nitrogen and oxygen atoms in total. The van der Waals surface area contributed by atoms with Crippen molar-refractivity contribution >= 4 is 27.3 Å². The van der Waals surface area contributed by atoms with Gasteiger partial charge in [-0.15, -0.1) is 11.3 Å². The first-order chi connectivity index (χ1) is 9.34. The second-order valence-corrected chi connectivity index (χ2v) is 6.63. The Kier molecular flexibility index (Phi) is 4.33. The number of rotatable bonds is 4. The van der Waals surface area contributed by atoms with E-state index in [1.165, 1.54) is 20.5 Å². The number of nitrogens with one attached hydrogen (secondary N) is 2. The lowest BCUT2D eigenvalue weighted by atomic mass is 9.94. The summed E-state index contributed by atoms with van der Waals surface area (Å²) in [6.07, 6.45) is 1.14. The molecule has 0 aliphatic carbocycles. The molecule has 1 unspecified atom stereocenters. The maximum atomic E-state index is 3.60. The maximum absolute atomic E-state index is 3.60. The molecule has 0 saturated carbocycles. The van der Waals surface area contributed by atoms with Gasteiger partial charge in [0.2, 0.25) is 0 Å². The molecule has 100 valence electrons. The summed E-state index contributed by atoms with van der Waals surface area (Å²) in [5.41, 5.74) is 2.94. The summed E-state index contributed by atoms with van der Waals surface area (Å²) < 4.78 is 1.21. The fourth-order valence-electron chi connectivity index (χ4n) is 2.56. The van der Waals surface area contributed by atoms with Crippen LogP contribution in [0.3, 0.4) is 0 Å². The van der Waals surface area contributed by atoms with Crippen molar-refractivity contribution in [3.63, 3.8) is 0 Å². The van der Waals surface area contributed by atoms with E-state index in [1.54, 1.807) is 11.3 Å². The number of hydrogen-bond donors (Lipinski definition) is 2. The molecule has 0 fully saturated rings. The Labute approximate surface area is 126 Å². The second-order valence-electron chi connectivity index (χ2n) is 4.78. The fourth-order valence-corrected chi connectivity index (χ4v) is 4.02. The monoisotopic (exact) mass is 336 g/mol. The summed E-state index contributed by atoms with van der Waals surface area (Å²) in [7, 11) is 0. The molecular weight excluding hydrogens is 320 g/mol. The molecule has 2 heterocycles. The molecule has 0 radical (unpaired) electrons. The molecule has 1 atom stereocenters. The second kappa shape index (κ2) is 6.18. The molecular formula is C15H17BrN2S. The normalized spacial score (nSPS) is 18.3. The van der Waals surface area contributed by atoms with E-state index in [4.69, 9.17) is 0 Å². The minimum atomic E-state index is 0.434. The number of hydrogen-bond acceptors (Lipinski definition) is 3. The Hall–Kier alpha value is -0.680. The number of benzene rings is 1. The third kappa shape index (κ3) is 3.08. The summed E-state index contributed by atoms with van der Waals surface area (Å²) in [4.78, 5) is 1.36. The minimum absolute atomic E-state index is 0.434. The van der Waals surface area contributed by atoms with Crippen LogP contribution in [0.15, 0.2) is 40.2 Å². The van der Waals surface area contributed by atoms with Crippen LogP contribution < -0.4 is 10.6 Å². The molecule has 1 aromatic carbocycles. The maximum Gasteiger partial charge on any atom is 0.0449 e. The van der Waals surface area contributed by atoms with Crippen molar-refractivity contribution in [1.82, 2.24) is 10.6 Å². The first-order valence-electron chi connectivity index (χ1n) is 6.58. The molecule has 1 aliphatic heterocycles. The van der Waals surface area contributed by atoms with Crippen molar-refractivity contribution in [2.24, 2.45) is 0 Å². The van der Waals surface area contributed by atoms with Gasteiger partial charge in [0.1, 0.15) is 0 Å². The van der Waals surface area contributed by atoms with E-state index in [1.807, 2.05) is 0 Å². The SMILES string of the molecule is Brc1ccsc1CNCC1NCCc2ccccc21. The summed E-state index contributed by atoms with van der Waals surface area (Å²) in [5, 5.41) is 9.28. The van der Waals surface area contributed by atoms with Gasteiger partial charge in [0.25, 0.3) is 0 Å². The van der Waals surface area contributed by atoms with Gasteiger partial charge in [-0.2, -0.15) is 0 Å². The minimum Gasteiger partial charge on any atom is -0.310 e. The zero-order valence-corrected chi connectivity index (χ0v) is 13.1. The molecule has 1 aliphatic rings. The molecule has 0 amide bonds. The lowest BCUT2D eigenvalue weighted by Crippen LogP contribution is -2.36. The summed E-state index contributed by atoms with van der Waals surface area (Å²) >= 11 is 5.37.